The first-order valence-corrected chi connectivity index (χ1v) is 5.75. The minimum absolute atomic E-state index is 0.244. The Morgan fingerprint density at radius 3 is 2.89 bits per heavy atom. The van der Waals surface area contributed by atoms with Crippen LogP contribution in [-0.4, -0.2) is 25.6 Å². The molecule has 0 aromatic heterocycles. The van der Waals surface area contributed by atoms with E-state index in [2.05, 4.69) is 4.99 Å². The molecule has 2 rings (SSSR count). The molecule has 100 valence electrons. The fraction of sp³-hybridized carbons (Fsp3) is 0.231. The van der Waals surface area contributed by atoms with Crippen molar-refractivity contribution in [2.24, 2.45) is 16.5 Å². The summed E-state index contributed by atoms with van der Waals surface area (Å²) < 4.78 is 10.7. The second-order valence-corrected chi connectivity index (χ2v) is 4.01. The lowest BCUT2D eigenvalue weighted by Gasteiger charge is -2.07. The molecule has 1 aromatic carbocycles. The highest BCUT2D eigenvalue weighted by molar-refractivity contribution is 6.04. The number of rotatable bonds is 2. The van der Waals surface area contributed by atoms with E-state index in [9.17, 15) is 4.79 Å². The molecule has 1 aromatic rings. The quantitative estimate of drug-likeness (QED) is 0.601. The molecule has 19 heavy (non-hydrogen) atoms. The minimum atomic E-state index is -0.438. The van der Waals surface area contributed by atoms with Crippen molar-refractivity contribution in [3.63, 3.8) is 0 Å². The number of nitrogens with zero attached hydrogens (tertiary/aromatic N) is 1. The lowest BCUT2D eigenvalue weighted by Crippen LogP contribution is -2.24. The molecule has 0 saturated carbocycles. The molecule has 0 bridgehead atoms. The average Bonchev–Trinajstić information content (AvgIpc) is 2.59. The van der Waals surface area contributed by atoms with Crippen LogP contribution < -0.4 is 20.9 Å². The summed E-state index contributed by atoms with van der Waals surface area (Å²) in [5.41, 5.74) is 11.7. The SMILES string of the molecule is COc1ccc2c(c1)OCCC(C(=O)N=C(N)N)=C2. The van der Waals surface area contributed by atoms with Gasteiger partial charge in [-0.25, -0.2) is 0 Å². The van der Waals surface area contributed by atoms with Crippen LogP contribution >= 0.6 is 0 Å². The van der Waals surface area contributed by atoms with E-state index in [1.54, 1.807) is 25.3 Å². The number of hydrogen-bond acceptors (Lipinski definition) is 3. The van der Waals surface area contributed by atoms with Crippen molar-refractivity contribution in [2.75, 3.05) is 13.7 Å². The number of guanidine groups is 1. The molecule has 0 aliphatic carbocycles. The molecule has 1 aliphatic heterocycles. The summed E-state index contributed by atoms with van der Waals surface area (Å²) in [6, 6.07) is 5.40. The number of hydrogen-bond donors (Lipinski definition) is 2. The maximum atomic E-state index is 11.8. The summed E-state index contributed by atoms with van der Waals surface area (Å²) in [6.45, 7) is 0.387. The van der Waals surface area contributed by atoms with Crippen LogP contribution in [0.5, 0.6) is 11.5 Å². The van der Waals surface area contributed by atoms with Crippen molar-refractivity contribution in [3.05, 3.63) is 29.3 Å². The number of nitrogens with two attached hydrogens (primary N) is 2. The summed E-state index contributed by atoms with van der Waals surface area (Å²) in [6.07, 6.45) is 2.18. The van der Waals surface area contributed by atoms with Crippen LogP contribution in [0.15, 0.2) is 28.8 Å². The Morgan fingerprint density at radius 1 is 1.42 bits per heavy atom. The van der Waals surface area contributed by atoms with Gasteiger partial charge in [-0.2, -0.15) is 4.99 Å². The van der Waals surface area contributed by atoms with E-state index in [1.807, 2.05) is 6.07 Å². The summed E-state index contributed by atoms with van der Waals surface area (Å²) in [5.74, 6) is 0.691. The Bertz CT molecular complexity index is 560. The normalized spacial score (nSPS) is 13.4. The Labute approximate surface area is 110 Å². The highest BCUT2D eigenvalue weighted by Crippen LogP contribution is 2.30. The molecular formula is C13H15N3O3. The van der Waals surface area contributed by atoms with Crippen molar-refractivity contribution < 1.29 is 14.3 Å². The predicted octanol–water partition coefficient (Wildman–Crippen LogP) is 0.661. The van der Waals surface area contributed by atoms with Crippen LogP contribution in [0.25, 0.3) is 6.08 Å². The highest BCUT2D eigenvalue weighted by Gasteiger charge is 2.15. The number of ether oxygens (including phenoxy) is 2. The molecule has 0 unspecified atom stereocenters. The Morgan fingerprint density at radius 2 is 2.21 bits per heavy atom. The molecule has 6 heteroatoms. The number of amides is 1. The zero-order valence-corrected chi connectivity index (χ0v) is 10.6. The first-order valence-electron chi connectivity index (χ1n) is 5.75. The fourth-order valence-electron chi connectivity index (χ4n) is 1.77. The van der Waals surface area contributed by atoms with Gasteiger partial charge >= 0.3 is 0 Å². The second-order valence-electron chi connectivity index (χ2n) is 4.01. The zero-order valence-electron chi connectivity index (χ0n) is 10.6. The van der Waals surface area contributed by atoms with Gasteiger partial charge in [0.1, 0.15) is 11.5 Å². The molecule has 0 radical (unpaired) electrons. The number of methoxy groups -OCH3 is 1. The number of aliphatic imine (C=N–C) groups is 1. The third kappa shape index (κ3) is 3.04. The predicted molar refractivity (Wildman–Crippen MR) is 71.9 cm³/mol. The summed E-state index contributed by atoms with van der Waals surface area (Å²) in [4.78, 5) is 15.3. The second kappa shape index (κ2) is 5.43. The third-order valence-electron chi connectivity index (χ3n) is 2.68. The van der Waals surface area contributed by atoms with Crippen LogP contribution in [0.3, 0.4) is 0 Å². The Balaban J connectivity index is 2.35. The summed E-state index contributed by atoms with van der Waals surface area (Å²) in [7, 11) is 1.59. The number of fused-ring (bicyclic) bond motifs is 1. The van der Waals surface area contributed by atoms with Gasteiger partial charge in [0.15, 0.2) is 5.96 Å². The van der Waals surface area contributed by atoms with Crippen LogP contribution in [0.2, 0.25) is 0 Å². The smallest absolute Gasteiger partial charge is 0.276 e. The zero-order chi connectivity index (χ0) is 13.8. The van der Waals surface area contributed by atoms with Crippen LogP contribution in [0.1, 0.15) is 12.0 Å². The average molecular weight is 261 g/mol. The molecule has 0 saturated heterocycles. The maximum Gasteiger partial charge on any atom is 0.276 e. The number of carbonyl (C=O) groups is 1. The molecular weight excluding hydrogens is 246 g/mol. The lowest BCUT2D eigenvalue weighted by atomic mass is 10.1. The first kappa shape index (κ1) is 12.9. The molecule has 0 spiro atoms. The number of carbonyl (C=O) groups excluding carboxylic acids is 1. The Hall–Kier alpha value is -2.50. The van der Waals surface area contributed by atoms with Crippen molar-refractivity contribution in [1.29, 1.82) is 0 Å². The highest BCUT2D eigenvalue weighted by atomic mass is 16.5. The van der Waals surface area contributed by atoms with Gasteiger partial charge in [0, 0.05) is 23.6 Å². The third-order valence-corrected chi connectivity index (χ3v) is 2.68. The van der Waals surface area contributed by atoms with Gasteiger partial charge < -0.3 is 20.9 Å². The topological polar surface area (TPSA) is 99.9 Å². The minimum Gasteiger partial charge on any atom is -0.497 e. The van der Waals surface area contributed by atoms with Crippen LogP contribution in [0.4, 0.5) is 0 Å². The van der Waals surface area contributed by atoms with E-state index < -0.39 is 5.91 Å². The standard InChI is InChI=1S/C13H15N3O3/c1-18-10-3-2-8-6-9(12(17)16-13(14)15)4-5-19-11(8)7-10/h2-3,6-7H,4-5H2,1H3,(H4,14,15,16,17). The van der Waals surface area contributed by atoms with E-state index in [1.165, 1.54) is 0 Å². The molecule has 0 atom stereocenters. The number of benzene rings is 1. The van der Waals surface area contributed by atoms with Gasteiger partial charge in [0.2, 0.25) is 0 Å². The first-order chi connectivity index (χ1) is 9.10. The maximum absolute atomic E-state index is 11.8. The van der Waals surface area contributed by atoms with Gasteiger partial charge in [0.05, 0.1) is 13.7 Å². The molecule has 4 N–H and O–H groups in total. The Kier molecular flexibility index (Phi) is 3.70. The van der Waals surface area contributed by atoms with Crippen LogP contribution in [0, 0.1) is 0 Å². The molecule has 0 fully saturated rings. The van der Waals surface area contributed by atoms with Crippen molar-refractivity contribution in [1.82, 2.24) is 0 Å². The van der Waals surface area contributed by atoms with Gasteiger partial charge in [0.25, 0.3) is 5.91 Å². The van der Waals surface area contributed by atoms with Gasteiger partial charge in [-0.3, -0.25) is 4.79 Å². The van der Waals surface area contributed by atoms with Gasteiger partial charge in [-0.1, -0.05) is 0 Å². The summed E-state index contributed by atoms with van der Waals surface area (Å²) >= 11 is 0. The molecule has 1 heterocycles. The molecule has 1 aliphatic rings. The van der Waals surface area contributed by atoms with E-state index >= 15 is 0 Å². The lowest BCUT2D eigenvalue weighted by molar-refractivity contribution is -0.114. The summed E-state index contributed by atoms with van der Waals surface area (Å²) in [5, 5.41) is 0. The largest absolute Gasteiger partial charge is 0.497 e. The van der Waals surface area contributed by atoms with Gasteiger partial charge in [-0.05, 0) is 18.2 Å². The monoisotopic (exact) mass is 261 g/mol. The molecule has 6 nitrogen and oxygen atoms in total. The fourth-order valence-corrected chi connectivity index (χ4v) is 1.77. The van der Waals surface area contributed by atoms with Crippen molar-refractivity contribution in [3.8, 4) is 11.5 Å². The van der Waals surface area contributed by atoms with Crippen LogP contribution in [-0.2, 0) is 4.79 Å². The van der Waals surface area contributed by atoms with E-state index in [0.717, 1.165) is 5.56 Å². The molecule has 1 amide bonds. The van der Waals surface area contributed by atoms with E-state index in [-0.39, 0.29) is 5.96 Å². The van der Waals surface area contributed by atoms with Crippen molar-refractivity contribution in [2.45, 2.75) is 6.42 Å². The van der Waals surface area contributed by atoms with Crippen molar-refractivity contribution >= 4 is 17.9 Å². The van der Waals surface area contributed by atoms with E-state index in [4.69, 9.17) is 20.9 Å². The van der Waals surface area contributed by atoms with E-state index in [0.29, 0.717) is 30.1 Å². The van der Waals surface area contributed by atoms with Gasteiger partial charge in [-0.15, -0.1) is 0 Å².